The van der Waals surface area contributed by atoms with Crippen molar-refractivity contribution in [2.75, 3.05) is 5.32 Å². The fraction of sp³-hybridized carbons (Fsp3) is 0.467. The number of hydrogen-bond acceptors (Lipinski definition) is 4. The Labute approximate surface area is 132 Å². The van der Waals surface area contributed by atoms with Gasteiger partial charge in [-0.05, 0) is 26.8 Å². The zero-order valence-electron chi connectivity index (χ0n) is 12.9. The van der Waals surface area contributed by atoms with Crippen LogP contribution in [-0.2, 0) is 14.3 Å². The first-order chi connectivity index (χ1) is 10.2. The van der Waals surface area contributed by atoms with Crippen LogP contribution < -0.4 is 5.32 Å². The number of esters is 1. The van der Waals surface area contributed by atoms with E-state index in [4.69, 9.17) is 4.74 Å². The number of amides is 1. The summed E-state index contributed by atoms with van der Waals surface area (Å²) in [5.74, 6) is -2.51. The number of nitrogens with one attached hydrogen (secondary N) is 1. The highest BCUT2D eigenvalue weighted by Gasteiger charge is 2.20. The molecule has 1 rings (SSSR count). The van der Waals surface area contributed by atoms with E-state index in [0.29, 0.717) is 6.07 Å². The molecule has 0 bridgehead atoms. The van der Waals surface area contributed by atoms with Crippen LogP contribution in [0, 0.1) is 11.6 Å². The third kappa shape index (κ3) is 5.29. The fourth-order valence-electron chi connectivity index (χ4n) is 1.52. The van der Waals surface area contributed by atoms with E-state index in [9.17, 15) is 18.4 Å². The molecule has 1 aromatic carbocycles. The van der Waals surface area contributed by atoms with Gasteiger partial charge in [0.25, 0.3) is 0 Å². The Morgan fingerprint density at radius 3 is 2.41 bits per heavy atom. The topological polar surface area (TPSA) is 55.4 Å². The lowest BCUT2D eigenvalue weighted by molar-refractivity contribution is -0.146. The van der Waals surface area contributed by atoms with Gasteiger partial charge in [0, 0.05) is 17.4 Å². The van der Waals surface area contributed by atoms with Gasteiger partial charge in [-0.3, -0.25) is 9.59 Å². The highest BCUT2D eigenvalue weighted by molar-refractivity contribution is 8.00. The number of halogens is 2. The second-order valence-electron chi connectivity index (χ2n) is 4.91. The molecule has 1 N–H and O–H groups in total. The minimum atomic E-state index is -0.860. The Morgan fingerprint density at radius 2 is 1.86 bits per heavy atom. The van der Waals surface area contributed by atoms with Gasteiger partial charge in [0.15, 0.2) is 0 Å². The molecule has 1 aromatic rings. The van der Waals surface area contributed by atoms with E-state index in [2.05, 4.69) is 5.32 Å². The van der Waals surface area contributed by atoms with Gasteiger partial charge in [-0.2, -0.15) is 0 Å². The molecule has 0 saturated heterocycles. The maximum absolute atomic E-state index is 13.8. The Morgan fingerprint density at radius 1 is 1.23 bits per heavy atom. The predicted molar refractivity (Wildman–Crippen MR) is 81.8 cm³/mol. The van der Waals surface area contributed by atoms with Gasteiger partial charge in [0.05, 0.1) is 11.8 Å². The summed E-state index contributed by atoms with van der Waals surface area (Å²) in [7, 11) is 0. The van der Waals surface area contributed by atoms with E-state index in [1.54, 1.807) is 27.7 Å². The van der Waals surface area contributed by atoms with Crippen LogP contribution in [0.25, 0.3) is 0 Å². The van der Waals surface area contributed by atoms with Gasteiger partial charge in [-0.15, -0.1) is 11.8 Å². The Balaban J connectivity index is 2.92. The molecule has 0 heterocycles. The molecule has 0 radical (unpaired) electrons. The summed E-state index contributed by atoms with van der Waals surface area (Å²) in [6.07, 6.45) is -0.0934. The van der Waals surface area contributed by atoms with E-state index in [1.165, 1.54) is 6.07 Å². The molecule has 0 aliphatic carbocycles. The summed E-state index contributed by atoms with van der Waals surface area (Å²) in [4.78, 5) is 23.1. The van der Waals surface area contributed by atoms with Crippen LogP contribution in [0.5, 0.6) is 0 Å². The Hall–Kier alpha value is -1.63. The average Bonchev–Trinajstić information content (AvgIpc) is 2.42. The minimum absolute atomic E-state index is 0.0704. The monoisotopic (exact) mass is 331 g/mol. The molecule has 0 aliphatic heterocycles. The zero-order valence-corrected chi connectivity index (χ0v) is 13.7. The van der Waals surface area contributed by atoms with Gasteiger partial charge in [-0.1, -0.05) is 6.92 Å². The van der Waals surface area contributed by atoms with Gasteiger partial charge >= 0.3 is 5.97 Å². The van der Waals surface area contributed by atoms with Crippen molar-refractivity contribution in [3.8, 4) is 0 Å². The molecule has 0 spiro atoms. The lowest BCUT2D eigenvalue weighted by atomic mass is 10.3. The summed E-state index contributed by atoms with van der Waals surface area (Å²) in [6.45, 7) is 6.62. The number of benzene rings is 1. The average molecular weight is 331 g/mol. The zero-order chi connectivity index (χ0) is 16.9. The number of carbonyl (C=O) groups excluding carboxylic acids is 2. The van der Waals surface area contributed by atoms with E-state index in [1.807, 2.05) is 0 Å². The van der Waals surface area contributed by atoms with Crippen LogP contribution in [-0.4, -0.2) is 23.2 Å². The van der Waals surface area contributed by atoms with E-state index >= 15 is 0 Å². The highest BCUT2D eigenvalue weighted by Crippen LogP contribution is 2.31. The molecule has 4 nitrogen and oxygen atoms in total. The molecule has 7 heteroatoms. The number of anilines is 1. The number of rotatable bonds is 6. The first-order valence-corrected chi connectivity index (χ1v) is 7.78. The standard InChI is InChI=1S/C15H19F2NO3S/c1-5-14(19)18-12-7-13(11(17)6-10(12)16)22-9(4)15(20)21-8(2)3/h6-9H,5H2,1-4H3,(H,18,19). The molecule has 22 heavy (non-hydrogen) atoms. The fourth-order valence-corrected chi connectivity index (χ4v) is 2.41. The quantitative estimate of drug-likeness (QED) is 0.637. The summed E-state index contributed by atoms with van der Waals surface area (Å²) in [6, 6.07) is 1.87. The molecule has 0 aliphatic rings. The second-order valence-corrected chi connectivity index (χ2v) is 6.29. The summed E-state index contributed by atoms with van der Waals surface area (Å²) in [5.41, 5.74) is -0.111. The van der Waals surface area contributed by atoms with Crippen molar-refractivity contribution < 1.29 is 23.1 Å². The molecule has 0 aromatic heterocycles. The highest BCUT2D eigenvalue weighted by atomic mass is 32.2. The van der Waals surface area contributed by atoms with Crippen molar-refractivity contribution in [3.05, 3.63) is 23.8 Å². The maximum Gasteiger partial charge on any atom is 0.319 e. The van der Waals surface area contributed by atoms with E-state index in [-0.39, 0.29) is 29.0 Å². The van der Waals surface area contributed by atoms with Crippen molar-refractivity contribution in [2.45, 2.75) is 50.4 Å². The molecule has 122 valence electrons. The molecular formula is C15H19F2NO3S. The number of hydrogen-bond donors (Lipinski definition) is 1. The van der Waals surface area contributed by atoms with Gasteiger partial charge in [-0.25, -0.2) is 8.78 Å². The Bertz CT molecular complexity index is 564. The lowest BCUT2D eigenvalue weighted by Crippen LogP contribution is -2.20. The molecule has 1 amide bonds. The SMILES string of the molecule is CCC(=O)Nc1cc(SC(C)C(=O)OC(C)C)c(F)cc1F. The van der Waals surface area contributed by atoms with Gasteiger partial charge < -0.3 is 10.1 Å². The van der Waals surface area contributed by atoms with Crippen LogP contribution in [0.4, 0.5) is 14.5 Å². The van der Waals surface area contributed by atoms with Crippen molar-refractivity contribution >= 4 is 29.3 Å². The van der Waals surface area contributed by atoms with E-state index < -0.39 is 22.9 Å². The first-order valence-electron chi connectivity index (χ1n) is 6.90. The smallest absolute Gasteiger partial charge is 0.319 e. The number of carbonyl (C=O) groups is 2. The largest absolute Gasteiger partial charge is 0.462 e. The van der Waals surface area contributed by atoms with Crippen LogP contribution in [0.3, 0.4) is 0 Å². The summed E-state index contributed by atoms with van der Waals surface area (Å²) in [5, 5.41) is 1.70. The van der Waals surface area contributed by atoms with Crippen LogP contribution in [0.2, 0.25) is 0 Å². The minimum Gasteiger partial charge on any atom is -0.462 e. The van der Waals surface area contributed by atoms with Crippen molar-refractivity contribution in [2.24, 2.45) is 0 Å². The Kier molecular flexibility index (Phi) is 6.80. The van der Waals surface area contributed by atoms with Crippen molar-refractivity contribution in [1.29, 1.82) is 0 Å². The van der Waals surface area contributed by atoms with Crippen LogP contribution in [0.15, 0.2) is 17.0 Å². The van der Waals surface area contributed by atoms with E-state index in [0.717, 1.165) is 11.8 Å². The van der Waals surface area contributed by atoms with Gasteiger partial charge in [0.2, 0.25) is 5.91 Å². The van der Waals surface area contributed by atoms with Crippen molar-refractivity contribution in [1.82, 2.24) is 0 Å². The maximum atomic E-state index is 13.8. The number of ether oxygens (including phenoxy) is 1. The number of thioether (sulfide) groups is 1. The molecular weight excluding hydrogens is 312 g/mol. The molecule has 1 unspecified atom stereocenters. The molecule has 0 saturated carbocycles. The normalized spacial score (nSPS) is 12.1. The van der Waals surface area contributed by atoms with Gasteiger partial charge in [0.1, 0.15) is 16.9 Å². The summed E-state index contributed by atoms with van der Waals surface area (Å²) >= 11 is 0.910. The first kappa shape index (κ1) is 18.4. The molecule has 0 fully saturated rings. The van der Waals surface area contributed by atoms with Crippen molar-refractivity contribution in [3.63, 3.8) is 0 Å². The predicted octanol–water partition coefficient (Wildman–Crippen LogP) is 3.75. The molecule has 1 atom stereocenters. The third-order valence-corrected chi connectivity index (χ3v) is 3.72. The lowest BCUT2D eigenvalue weighted by Gasteiger charge is -2.15. The van der Waals surface area contributed by atoms with Crippen LogP contribution >= 0.6 is 11.8 Å². The summed E-state index contributed by atoms with van der Waals surface area (Å²) < 4.78 is 32.5. The second kappa shape index (κ2) is 8.12. The third-order valence-electron chi connectivity index (χ3n) is 2.60. The van der Waals surface area contributed by atoms with Crippen LogP contribution in [0.1, 0.15) is 34.1 Å².